The lowest BCUT2D eigenvalue weighted by atomic mass is 9.84. The van der Waals surface area contributed by atoms with E-state index < -0.39 is 6.04 Å². The molecule has 1 rings (SSSR count). The number of nitrogens with two attached hydrogens (primary N) is 1. The molecule has 100 valence electrons. The lowest BCUT2D eigenvalue weighted by Crippen LogP contribution is -2.34. The quantitative estimate of drug-likeness (QED) is 0.795. The van der Waals surface area contributed by atoms with Crippen molar-refractivity contribution in [2.75, 3.05) is 13.7 Å². The van der Waals surface area contributed by atoms with E-state index in [1.807, 2.05) is 20.8 Å². The first-order valence-electron chi connectivity index (χ1n) is 5.90. The average Bonchev–Trinajstić information content (AvgIpc) is 2.35. The standard InChI is InChI=1S/C14H21NO3/c1-14(2,3)10-7-9(5-6-12(10)18-4)13(17)11(15)8-16/h5-7,11,16H,8,15H2,1-4H3. The second-order valence-electron chi connectivity index (χ2n) is 5.32. The van der Waals surface area contributed by atoms with Gasteiger partial charge in [0.15, 0.2) is 5.78 Å². The van der Waals surface area contributed by atoms with Crippen molar-refractivity contribution in [1.82, 2.24) is 0 Å². The molecule has 3 N–H and O–H groups in total. The highest BCUT2D eigenvalue weighted by molar-refractivity contribution is 6.00. The molecule has 0 heterocycles. The van der Waals surface area contributed by atoms with E-state index in [1.54, 1.807) is 25.3 Å². The van der Waals surface area contributed by atoms with Gasteiger partial charge in [0.2, 0.25) is 0 Å². The van der Waals surface area contributed by atoms with Gasteiger partial charge in [0.25, 0.3) is 0 Å². The van der Waals surface area contributed by atoms with E-state index in [4.69, 9.17) is 15.6 Å². The molecule has 1 aromatic carbocycles. The Morgan fingerprint density at radius 3 is 2.50 bits per heavy atom. The molecule has 0 saturated carbocycles. The minimum absolute atomic E-state index is 0.134. The number of methoxy groups -OCH3 is 1. The summed E-state index contributed by atoms with van der Waals surface area (Å²) in [5.41, 5.74) is 6.86. The zero-order valence-corrected chi connectivity index (χ0v) is 11.4. The van der Waals surface area contributed by atoms with Crippen LogP contribution in [0, 0.1) is 0 Å². The summed E-state index contributed by atoms with van der Waals surface area (Å²) < 4.78 is 5.30. The molecule has 0 aliphatic rings. The maximum absolute atomic E-state index is 11.9. The van der Waals surface area contributed by atoms with Crippen molar-refractivity contribution in [3.63, 3.8) is 0 Å². The highest BCUT2D eigenvalue weighted by Crippen LogP contribution is 2.32. The average molecular weight is 251 g/mol. The number of benzene rings is 1. The van der Waals surface area contributed by atoms with Crippen LogP contribution in [0.15, 0.2) is 18.2 Å². The Kier molecular flexibility index (Phi) is 4.48. The van der Waals surface area contributed by atoms with Crippen LogP contribution in [-0.4, -0.2) is 30.6 Å². The highest BCUT2D eigenvalue weighted by Gasteiger charge is 2.22. The van der Waals surface area contributed by atoms with Crippen LogP contribution in [0.1, 0.15) is 36.7 Å². The maximum Gasteiger partial charge on any atom is 0.181 e. The van der Waals surface area contributed by atoms with Crippen molar-refractivity contribution in [3.05, 3.63) is 29.3 Å². The number of carbonyl (C=O) groups excluding carboxylic acids is 1. The summed E-state index contributed by atoms with van der Waals surface area (Å²) in [6.07, 6.45) is 0. The summed E-state index contributed by atoms with van der Waals surface area (Å²) in [4.78, 5) is 11.9. The normalized spacial score (nSPS) is 13.2. The molecular weight excluding hydrogens is 230 g/mol. The number of aliphatic hydroxyl groups excluding tert-OH is 1. The minimum atomic E-state index is -0.869. The molecule has 0 aromatic heterocycles. The Morgan fingerprint density at radius 1 is 1.44 bits per heavy atom. The lowest BCUT2D eigenvalue weighted by Gasteiger charge is -2.23. The number of carbonyl (C=O) groups is 1. The molecule has 1 aromatic rings. The largest absolute Gasteiger partial charge is 0.496 e. The van der Waals surface area contributed by atoms with Crippen LogP contribution in [0.3, 0.4) is 0 Å². The third-order valence-corrected chi connectivity index (χ3v) is 2.83. The van der Waals surface area contributed by atoms with Crippen LogP contribution in [0.4, 0.5) is 0 Å². The summed E-state index contributed by atoms with van der Waals surface area (Å²) in [6, 6.07) is 4.35. The Balaban J connectivity index is 3.23. The molecule has 0 bridgehead atoms. The van der Waals surface area contributed by atoms with Crippen LogP contribution in [0.2, 0.25) is 0 Å². The van der Waals surface area contributed by atoms with Crippen LogP contribution >= 0.6 is 0 Å². The Bertz CT molecular complexity index is 435. The number of ether oxygens (including phenoxy) is 1. The number of ketones is 1. The SMILES string of the molecule is COc1ccc(C(=O)C(N)CO)cc1C(C)(C)C. The van der Waals surface area contributed by atoms with E-state index in [2.05, 4.69) is 0 Å². The minimum Gasteiger partial charge on any atom is -0.496 e. The van der Waals surface area contributed by atoms with Crippen LogP contribution in [0.25, 0.3) is 0 Å². The molecule has 0 radical (unpaired) electrons. The second kappa shape index (κ2) is 5.50. The van der Waals surface area contributed by atoms with Gasteiger partial charge in [-0.25, -0.2) is 0 Å². The Labute approximate surface area is 108 Å². The van der Waals surface area contributed by atoms with Crippen LogP contribution in [0.5, 0.6) is 5.75 Å². The molecule has 4 nitrogen and oxygen atoms in total. The van der Waals surface area contributed by atoms with E-state index in [9.17, 15) is 4.79 Å². The maximum atomic E-state index is 11.9. The van der Waals surface area contributed by atoms with Gasteiger partial charge < -0.3 is 15.6 Å². The van der Waals surface area contributed by atoms with Crippen molar-refractivity contribution >= 4 is 5.78 Å². The van der Waals surface area contributed by atoms with E-state index in [1.165, 1.54) is 0 Å². The van der Waals surface area contributed by atoms with E-state index in [0.29, 0.717) is 5.56 Å². The van der Waals surface area contributed by atoms with E-state index >= 15 is 0 Å². The zero-order valence-electron chi connectivity index (χ0n) is 11.4. The van der Waals surface area contributed by atoms with Crippen molar-refractivity contribution < 1.29 is 14.6 Å². The first kappa shape index (κ1) is 14.7. The fraction of sp³-hybridized carbons (Fsp3) is 0.500. The molecule has 0 saturated heterocycles. The predicted octanol–water partition coefficient (Wildman–Crippen LogP) is 1.49. The number of hydrogen-bond acceptors (Lipinski definition) is 4. The highest BCUT2D eigenvalue weighted by atomic mass is 16.5. The summed E-state index contributed by atoms with van der Waals surface area (Å²) >= 11 is 0. The molecule has 0 aliphatic carbocycles. The molecule has 0 spiro atoms. The summed E-state index contributed by atoms with van der Waals surface area (Å²) in [7, 11) is 1.60. The first-order chi connectivity index (χ1) is 8.31. The van der Waals surface area contributed by atoms with Gasteiger partial charge in [0, 0.05) is 11.1 Å². The summed E-state index contributed by atoms with van der Waals surface area (Å²) in [6.45, 7) is 5.79. The first-order valence-corrected chi connectivity index (χ1v) is 5.90. The van der Waals surface area contributed by atoms with Gasteiger partial charge in [0.05, 0.1) is 19.8 Å². The van der Waals surface area contributed by atoms with Gasteiger partial charge in [-0.3, -0.25) is 4.79 Å². The zero-order chi connectivity index (χ0) is 13.9. The molecule has 4 heteroatoms. The third-order valence-electron chi connectivity index (χ3n) is 2.83. The van der Waals surface area contributed by atoms with Gasteiger partial charge >= 0.3 is 0 Å². The number of hydrogen-bond donors (Lipinski definition) is 2. The van der Waals surface area contributed by atoms with Crippen LogP contribution in [-0.2, 0) is 5.41 Å². The summed E-state index contributed by atoms with van der Waals surface area (Å²) in [5, 5.41) is 8.93. The van der Waals surface area contributed by atoms with Crippen molar-refractivity contribution in [2.24, 2.45) is 5.73 Å². The predicted molar refractivity (Wildman–Crippen MR) is 71.1 cm³/mol. The van der Waals surface area contributed by atoms with E-state index in [-0.39, 0.29) is 17.8 Å². The van der Waals surface area contributed by atoms with Crippen LogP contribution < -0.4 is 10.5 Å². The fourth-order valence-corrected chi connectivity index (χ4v) is 1.74. The number of rotatable bonds is 4. The van der Waals surface area contributed by atoms with Crippen molar-refractivity contribution in [1.29, 1.82) is 0 Å². The molecular formula is C14H21NO3. The molecule has 1 unspecified atom stereocenters. The lowest BCUT2D eigenvalue weighted by molar-refractivity contribution is 0.0925. The molecule has 0 amide bonds. The third kappa shape index (κ3) is 3.09. The topological polar surface area (TPSA) is 72.5 Å². The number of aliphatic hydroxyl groups is 1. The van der Waals surface area contributed by atoms with Crippen molar-refractivity contribution in [2.45, 2.75) is 32.2 Å². The molecule has 18 heavy (non-hydrogen) atoms. The van der Waals surface area contributed by atoms with Gasteiger partial charge in [-0.2, -0.15) is 0 Å². The van der Waals surface area contributed by atoms with Crippen molar-refractivity contribution in [3.8, 4) is 5.75 Å². The Morgan fingerprint density at radius 2 is 2.06 bits per heavy atom. The second-order valence-corrected chi connectivity index (χ2v) is 5.32. The Hall–Kier alpha value is -1.39. The fourth-order valence-electron chi connectivity index (χ4n) is 1.74. The van der Waals surface area contributed by atoms with Gasteiger partial charge in [-0.15, -0.1) is 0 Å². The smallest absolute Gasteiger partial charge is 0.181 e. The van der Waals surface area contributed by atoms with Gasteiger partial charge in [-0.1, -0.05) is 20.8 Å². The van der Waals surface area contributed by atoms with Gasteiger partial charge in [-0.05, 0) is 23.6 Å². The monoisotopic (exact) mass is 251 g/mol. The molecule has 1 atom stereocenters. The molecule has 0 aliphatic heterocycles. The molecule has 0 fully saturated rings. The van der Waals surface area contributed by atoms with E-state index in [0.717, 1.165) is 11.3 Å². The number of Topliss-reactive ketones (excluding diaryl/α,β-unsaturated/α-hetero) is 1. The van der Waals surface area contributed by atoms with Gasteiger partial charge in [0.1, 0.15) is 5.75 Å². The summed E-state index contributed by atoms with van der Waals surface area (Å²) in [5.74, 6) is 0.488.